The summed E-state index contributed by atoms with van der Waals surface area (Å²) in [6, 6.07) is 56.0. The molecule has 13 heteroatoms. The lowest BCUT2D eigenvalue weighted by Crippen LogP contribution is -3.61. The van der Waals surface area contributed by atoms with Gasteiger partial charge < -0.3 is 29.1 Å². The Balaban J connectivity index is 0.000000208. The first-order valence-corrected chi connectivity index (χ1v) is 24.2. The molecule has 0 fully saturated rings. The molecule has 9 nitrogen and oxygen atoms in total. The third kappa shape index (κ3) is 11.6. The minimum atomic E-state index is -0.377. The van der Waals surface area contributed by atoms with Crippen LogP contribution in [0.4, 0.5) is 10.3 Å². The number of benzene rings is 7. The van der Waals surface area contributed by atoms with Crippen molar-refractivity contribution in [2.24, 2.45) is 0 Å². The quantitative estimate of drug-likeness (QED) is 0.0714. The molecule has 64 heavy (non-hydrogen) atoms. The monoisotopic (exact) mass is 1020 g/mol. The molecule has 9 rings (SSSR count). The molecule has 0 saturated carbocycles. The van der Waals surface area contributed by atoms with Crippen LogP contribution in [-0.4, -0.2) is 43.1 Å². The first kappa shape index (κ1) is 47.2. The summed E-state index contributed by atoms with van der Waals surface area (Å²) < 4.78 is 20.1. The number of fused-ring (bicyclic) bond motifs is 2. The van der Waals surface area contributed by atoms with Gasteiger partial charge in [0.2, 0.25) is 0 Å². The molecule has 0 saturated heterocycles. The Bertz CT molecular complexity index is 2910. The van der Waals surface area contributed by atoms with Crippen molar-refractivity contribution < 1.29 is 45.0 Å². The molecule has 7 aromatic carbocycles. The summed E-state index contributed by atoms with van der Waals surface area (Å²) in [6.07, 6.45) is 0. The number of amides is 2. The third-order valence-electron chi connectivity index (χ3n) is 9.30. The maximum atomic E-state index is 12.9. The van der Waals surface area contributed by atoms with Gasteiger partial charge in [0.15, 0.2) is 32.1 Å². The van der Waals surface area contributed by atoms with Crippen molar-refractivity contribution in [3.05, 3.63) is 203 Å². The van der Waals surface area contributed by atoms with Gasteiger partial charge in [0, 0.05) is 17.2 Å². The molecule has 2 aromatic heterocycles. The number of methoxy groups -OCH3 is 3. The van der Waals surface area contributed by atoms with Crippen LogP contribution in [0, 0.1) is 22.0 Å². The Morgan fingerprint density at radius 3 is 1.45 bits per heavy atom. The molecule has 0 aliphatic carbocycles. The van der Waals surface area contributed by atoms with E-state index >= 15 is 0 Å². The Morgan fingerprint density at radius 2 is 0.953 bits per heavy atom. The van der Waals surface area contributed by atoms with Crippen LogP contribution in [0.1, 0.15) is 20.7 Å². The molecule has 0 bridgehead atoms. The maximum absolute atomic E-state index is 12.9. The number of rotatable bonds is 12. The number of hydrogen-bond donors (Lipinski definition) is 2. The van der Waals surface area contributed by atoms with Crippen molar-refractivity contribution in [3.8, 4) is 17.2 Å². The highest BCUT2D eigenvalue weighted by Gasteiger charge is 2.28. The molecular formula is C51H45IN4O5S3. The summed E-state index contributed by atoms with van der Waals surface area (Å²) >= 11 is 2.49. The Hall–Kier alpha value is -6.26. The summed E-state index contributed by atoms with van der Waals surface area (Å²) in [5, 5.41) is 6.99. The van der Waals surface area contributed by atoms with Crippen molar-refractivity contribution in [2.75, 3.05) is 32.0 Å². The van der Waals surface area contributed by atoms with Gasteiger partial charge in [-0.1, -0.05) is 65.1 Å². The van der Waals surface area contributed by atoms with Crippen molar-refractivity contribution in [3.63, 3.8) is 0 Å². The average Bonchev–Trinajstić information content (AvgIpc) is 3.92. The summed E-state index contributed by atoms with van der Waals surface area (Å²) in [4.78, 5) is 38.2. The fourth-order valence-electron chi connectivity index (χ4n) is 6.22. The summed E-state index contributed by atoms with van der Waals surface area (Å²) in [5.74, 6) is 2.06. The van der Waals surface area contributed by atoms with E-state index in [2.05, 4.69) is 87.3 Å². The van der Waals surface area contributed by atoms with Crippen LogP contribution in [-0.2, 0) is 10.9 Å². The molecule has 0 radical (unpaired) electrons. The van der Waals surface area contributed by atoms with Crippen LogP contribution < -0.4 is 46.0 Å². The lowest BCUT2D eigenvalue weighted by atomic mass is 10.2. The molecule has 0 atom stereocenters. The van der Waals surface area contributed by atoms with E-state index < -0.39 is 0 Å². The van der Waals surface area contributed by atoms with E-state index in [1.54, 1.807) is 21.3 Å². The summed E-state index contributed by atoms with van der Waals surface area (Å²) in [7, 11) is 4.68. The Labute approximate surface area is 395 Å². The van der Waals surface area contributed by atoms with Crippen LogP contribution in [0.25, 0.3) is 20.4 Å². The second-order valence-corrected chi connectivity index (χ2v) is 20.5. The fraction of sp³-hybridized carbons (Fsp3) is 0.0588. The minimum absolute atomic E-state index is 0. The molecule has 0 aliphatic heterocycles. The van der Waals surface area contributed by atoms with Crippen LogP contribution in [0.5, 0.6) is 17.2 Å². The predicted molar refractivity (Wildman–Crippen MR) is 259 cm³/mol. The zero-order valence-electron chi connectivity index (χ0n) is 35.7. The number of nitrogens with one attached hydrogen (secondary N) is 2. The number of carbonyl (C=O) groups is 2. The van der Waals surface area contributed by atoms with E-state index in [1.807, 2.05) is 103 Å². The van der Waals surface area contributed by atoms with Gasteiger partial charge in [0.1, 0.15) is 17.2 Å². The van der Waals surface area contributed by atoms with Gasteiger partial charge in [-0.15, -0.1) is 0 Å². The zero-order valence-corrected chi connectivity index (χ0v) is 40.3. The van der Waals surface area contributed by atoms with E-state index in [9.17, 15) is 9.59 Å². The van der Waals surface area contributed by atoms with Crippen molar-refractivity contribution in [1.82, 2.24) is 9.97 Å². The van der Waals surface area contributed by atoms with Gasteiger partial charge in [0.05, 0.1) is 52.7 Å². The highest BCUT2D eigenvalue weighted by molar-refractivity contribution is 7.97. The van der Waals surface area contributed by atoms with Crippen molar-refractivity contribution in [2.45, 2.75) is 14.7 Å². The zero-order chi connectivity index (χ0) is 42.8. The van der Waals surface area contributed by atoms with Gasteiger partial charge in [-0.2, -0.15) is 0 Å². The third-order valence-corrected chi connectivity index (χ3v) is 16.0. The highest BCUT2D eigenvalue weighted by atomic mass is 127. The number of hydrogen-bond acceptors (Lipinski definition) is 9. The normalized spacial score (nSPS) is 10.5. The molecule has 0 aliphatic rings. The molecule has 0 spiro atoms. The number of carbonyl (C=O) groups excluding carboxylic acids is 2. The topological polar surface area (TPSA) is 112 Å². The van der Waals surface area contributed by atoms with Gasteiger partial charge in [-0.3, -0.25) is 20.2 Å². The molecule has 2 amide bonds. The van der Waals surface area contributed by atoms with Gasteiger partial charge >= 0.3 is 21.2 Å². The Morgan fingerprint density at radius 1 is 0.484 bits per heavy atom. The standard InChI is InChI=1S/C27H20N2O2S2.C22H17IN2O3S.2CH3/c1-31-20-14-17-24-25(18-20)32-27(28-24)29-26(30)19-12-15-23(16-13-19)33(21-8-4-2-5-9-21)22-10-6-3-7-11-22;1-27-17-8-6-15(7-9-17)23-16-5-3-4-14(12-16)21(26)25-22-24-19-11-10-18(28-2)13-20(19)29-22;;/h2-18H,1H3;3-13H,1-2H3;2*1H3/q;;2*-1/p+2. The van der Waals surface area contributed by atoms with Crippen molar-refractivity contribution in [1.29, 1.82) is 0 Å². The molecule has 324 valence electrons. The van der Waals surface area contributed by atoms with E-state index in [4.69, 9.17) is 14.2 Å². The largest absolute Gasteiger partial charge is 0.497 e. The first-order valence-electron chi connectivity index (χ1n) is 19.2. The summed E-state index contributed by atoms with van der Waals surface area (Å²) in [5.41, 5.74) is 2.90. The lowest BCUT2D eigenvalue weighted by Gasteiger charge is -2.08. The Kier molecular flexibility index (Phi) is 16.5. The average molecular weight is 1020 g/mol. The predicted octanol–water partition coefficient (Wildman–Crippen LogP) is 9.25. The van der Waals surface area contributed by atoms with Gasteiger partial charge in [-0.05, 0) is 121 Å². The van der Waals surface area contributed by atoms with E-state index in [1.165, 1.54) is 39.6 Å². The first-order chi connectivity index (χ1) is 30.3. The highest BCUT2D eigenvalue weighted by Crippen LogP contribution is 2.33. The number of aromatic nitrogens is 2. The molecular weight excluding hydrogens is 972 g/mol. The lowest BCUT2D eigenvalue weighted by molar-refractivity contribution is -0.597. The number of ether oxygens (including phenoxy) is 3. The van der Waals surface area contributed by atoms with Gasteiger partial charge in [-0.25, -0.2) is 9.97 Å². The SMILES string of the molecule is COc1ccc([I+]c2cccc(C(=O)Nc3nc4ccc(OC)cc4s3)c2)cc1.COc1ccc2nc(NC(=O)c3ccc([S+](c4ccccc4)c4ccccc4)cc3)sc2c1.[CH3-].[CH3-]. The van der Waals surface area contributed by atoms with E-state index in [0.717, 1.165) is 42.6 Å². The molecule has 2 N–H and O–H groups in total. The number of anilines is 2. The van der Waals surface area contributed by atoms with Crippen LogP contribution in [0.15, 0.2) is 185 Å². The smallest absolute Gasteiger partial charge is 0.357 e. The van der Waals surface area contributed by atoms with Crippen LogP contribution in [0.2, 0.25) is 0 Å². The van der Waals surface area contributed by atoms with Crippen molar-refractivity contribution >= 4 is 76.1 Å². The number of thiazole rings is 2. The van der Waals surface area contributed by atoms with Crippen LogP contribution >= 0.6 is 22.7 Å². The second-order valence-electron chi connectivity index (χ2n) is 13.3. The maximum Gasteiger partial charge on any atom is 0.357 e. The number of halogens is 1. The molecule has 0 unspecified atom stereocenters. The molecule has 9 aromatic rings. The minimum Gasteiger partial charge on any atom is -0.497 e. The fourth-order valence-corrected chi connectivity index (χ4v) is 12.4. The van der Waals surface area contributed by atoms with Gasteiger partial charge in [0.25, 0.3) is 11.8 Å². The van der Waals surface area contributed by atoms with E-state index in [0.29, 0.717) is 21.4 Å². The van der Waals surface area contributed by atoms with E-state index in [-0.39, 0.29) is 58.8 Å². The summed E-state index contributed by atoms with van der Waals surface area (Å²) in [6.45, 7) is 0. The molecule has 2 heterocycles. The number of nitrogens with zero attached hydrogens (tertiary/aromatic N) is 2. The second kappa shape index (κ2) is 22.4. The van der Waals surface area contributed by atoms with Crippen LogP contribution in [0.3, 0.4) is 0 Å².